The molecule has 1 N–H and O–H groups in total. The predicted molar refractivity (Wildman–Crippen MR) is 75.3 cm³/mol. The molecule has 4 heteroatoms. The van der Waals surface area contributed by atoms with Crippen molar-refractivity contribution in [2.75, 3.05) is 18.6 Å². The number of unbranched alkanes of at least 4 members (excludes halogenated alkanes) is 2. The summed E-state index contributed by atoms with van der Waals surface area (Å²) >= 11 is 7.82. The topological polar surface area (TPSA) is 12.0 Å². The third-order valence-corrected chi connectivity index (χ3v) is 3.58. The molecule has 0 fully saturated rings. The predicted octanol–water partition coefficient (Wildman–Crippen LogP) is 4.10. The first-order valence-corrected chi connectivity index (χ1v) is 7.65. The van der Waals surface area contributed by atoms with Gasteiger partial charge in [0.2, 0.25) is 0 Å². The second kappa shape index (κ2) is 8.78. The van der Waals surface area contributed by atoms with Crippen LogP contribution in [0.25, 0.3) is 0 Å². The van der Waals surface area contributed by atoms with Crippen molar-refractivity contribution in [2.24, 2.45) is 0 Å². The Morgan fingerprint density at radius 2 is 2.12 bits per heavy atom. The maximum absolute atomic E-state index is 12.8. The summed E-state index contributed by atoms with van der Waals surface area (Å²) in [4.78, 5) is 0. The second-order valence-corrected chi connectivity index (χ2v) is 5.36. The van der Waals surface area contributed by atoms with Gasteiger partial charge in [0, 0.05) is 11.6 Å². The van der Waals surface area contributed by atoms with Crippen molar-refractivity contribution in [2.45, 2.75) is 25.8 Å². The van der Waals surface area contributed by atoms with Crippen molar-refractivity contribution in [3.63, 3.8) is 0 Å². The molecule has 96 valence electrons. The quantitative estimate of drug-likeness (QED) is 0.717. The maximum atomic E-state index is 12.8. The smallest absolute Gasteiger partial charge is 0.124 e. The van der Waals surface area contributed by atoms with Crippen molar-refractivity contribution < 1.29 is 4.39 Å². The Hall–Kier alpha value is -0.250. The number of rotatable bonds is 8. The Labute approximate surface area is 112 Å². The minimum Gasteiger partial charge on any atom is -0.313 e. The molecule has 0 saturated carbocycles. The molecule has 0 radical (unpaired) electrons. The van der Waals surface area contributed by atoms with Gasteiger partial charge in [-0.2, -0.15) is 11.8 Å². The fraction of sp³-hybridized carbons (Fsp3) is 0.538. The van der Waals surface area contributed by atoms with Gasteiger partial charge in [-0.15, -0.1) is 0 Å². The molecule has 0 amide bonds. The summed E-state index contributed by atoms with van der Waals surface area (Å²) in [6, 6.07) is 4.54. The molecule has 0 saturated heterocycles. The lowest BCUT2D eigenvalue weighted by Crippen LogP contribution is -2.15. The van der Waals surface area contributed by atoms with E-state index in [-0.39, 0.29) is 5.82 Å². The van der Waals surface area contributed by atoms with Gasteiger partial charge in [0.25, 0.3) is 0 Å². The first-order chi connectivity index (χ1) is 8.24. The lowest BCUT2D eigenvalue weighted by molar-refractivity contribution is 0.612. The summed E-state index contributed by atoms with van der Waals surface area (Å²) in [7, 11) is 0. The summed E-state index contributed by atoms with van der Waals surface area (Å²) in [6.45, 7) is 1.70. The lowest BCUT2D eigenvalue weighted by Gasteiger charge is -2.06. The van der Waals surface area contributed by atoms with Crippen LogP contribution in [0.15, 0.2) is 18.2 Å². The Balaban J connectivity index is 2.14. The highest BCUT2D eigenvalue weighted by molar-refractivity contribution is 7.98. The van der Waals surface area contributed by atoms with Crippen LogP contribution in [-0.2, 0) is 6.54 Å². The first kappa shape index (κ1) is 14.8. The highest BCUT2D eigenvalue weighted by Gasteiger charge is 2.01. The largest absolute Gasteiger partial charge is 0.313 e. The van der Waals surface area contributed by atoms with Crippen molar-refractivity contribution in [3.05, 3.63) is 34.6 Å². The highest BCUT2D eigenvalue weighted by atomic mass is 35.5. The highest BCUT2D eigenvalue weighted by Crippen LogP contribution is 2.16. The molecule has 1 aromatic rings. The molecule has 0 atom stereocenters. The zero-order valence-corrected chi connectivity index (χ0v) is 11.7. The second-order valence-electron chi connectivity index (χ2n) is 3.97. The molecule has 1 nitrogen and oxygen atoms in total. The molecule has 17 heavy (non-hydrogen) atoms. The standard InChI is InChI=1S/C13H19ClFNS/c1-17-8-4-2-3-7-16-10-11-5-6-12(15)9-13(11)14/h5-6,9,16H,2-4,7-8,10H2,1H3. The van der Waals surface area contributed by atoms with Crippen LogP contribution >= 0.6 is 23.4 Å². The van der Waals surface area contributed by atoms with E-state index in [0.29, 0.717) is 11.6 Å². The van der Waals surface area contributed by atoms with Crippen LogP contribution in [0.2, 0.25) is 5.02 Å². The summed E-state index contributed by atoms with van der Waals surface area (Å²) in [6.07, 6.45) is 5.85. The van der Waals surface area contributed by atoms with E-state index in [2.05, 4.69) is 11.6 Å². The Morgan fingerprint density at radius 3 is 2.82 bits per heavy atom. The molecular formula is C13H19ClFNS. The molecule has 0 aromatic heterocycles. The number of benzene rings is 1. The fourth-order valence-electron chi connectivity index (χ4n) is 1.56. The lowest BCUT2D eigenvalue weighted by atomic mass is 10.2. The van der Waals surface area contributed by atoms with E-state index >= 15 is 0 Å². The molecule has 0 aliphatic heterocycles. The number of hydrogen-bond donors (Lipinski definition) is 1. The number of halogens is 2. The minimum absolute atomic E-state index is 0.282. The Kier molecular flexibility index (Phi) is 7.65. The van der Waals surface area contributed by atoms with E-state index < -0.39 is 0 Å². The van der Waals surface area contributed by atoms with E-state index in [1.54, 1.807) is 6.07 Å². The molecule has 0 spiro atoms. The van der Waals surface area contributed by atoms with E-state index in [0.717, 1.165) is 12.1 Å². The summed E-state index contributed by atoms with van der Waals surface area (Å²) < 4.78 is 12.8. The average molecular weight is 276 g/mol. The van der Waals surface area contributed by atoms with Crippen LogP contribution < -0.4 is 5.32 Å². The van der Waals surface area contributed by atoms with Gasteiger partial charge in [-0.05, 0) is 49.1 Å². The van der Waals surface area contributed by atoms with Crippen molar-refractivity contribution in [1.29, 1.82) is 0 Å². The number of nitrogens with one attached hydrogen (secondary N) is 1. The molecule has 1 rings (SSSR count). The Bertz CT molecular complexity index is 333. The van der Waals surface area contributed by atoms with Gasteiger partial charge < -0.3 is 5.32 Å². The third-order valence-electron chi connectivity index (χ3n) is 2.53. The molecule has 0 aliphatic carbocycles. The third kappa shape index (κ3) is 6.29. The van der Waals surface area contributed by atoms with Gasteiger partial charge >= 0.3 is 0 Å². The first-order valence-electron chi connectivity index (χ1n) is 5.87. The molecular weight excluding hydrogens is 257 g/mol. The number of thioether (sulfide) groups is 1. The minimum atomic E-state index is -0.282. The van der Waals surface area contributed by atoms with E-state index in [9.17, 15) is 4.39 Å². The normalized spacial score (nSPS) is 10.8. The molecule has 0 unspecified atom stereocenters. The maximum Gasteiger partial charge on any atom is 0.124 e. The van der Waals surface area contributed by atoms with Gasteiger partial charge in [-0.25, -0.2) is 4.39 Å². The SMILES string of the molecule is CSCCCCCNCc1ccc(F)cc1Cl. The van der Waals surface area contributed by atoms with Crippen molar-refractivity contribution >= 4 is 23.4 Å². The van der Waals surface area contributed by atoms with Crippen LogP contribution in [0, 0.1) is 5.82 Å². The van der Waals surface area contributed by atoms with E-state index in [1.807, 2.05) is 11.8 Å². The van der Waals surface area contributed by atoms with Gasteiger partial charge in [0.1, 0.15) is 5.82 Å². The Morgan fingerprint density at radius 1 is 1.29 bits per heavy atom. The van der Waals surface area contributed by atoms with Gasteiger partial charge in [0.05, 0.1) is 0 Å². The summed E-state index contributed by atoms with van der Waals surface area (Å²) in [5.74, 6) is 0.958. The molecule has 1 aromatic carbocycles. The van der Waals surface area contributed by atoms with E-state index in [4.69, 9.17) is 11.6 Å². The van der Waals surface area contributed by atoms with Crippen LogP contribution in [0.4, 0.5) is 4.39 Å². The summed E-state index contributed by atoms with van der Waals surface area (Å²) in [5, 5.41) is 3.83. The van der Waals surface area contributed by atoms with Crippen LogP contribution in [0.3, 0.4) is 0 Å². The van der Waals surface area contributed by atoms with Gasteiger partial charge in [-0.1, -0.05) is 24.1 Å². The van der Waals surface area contributed by atoms with Gasteiger partial charge in [-0.3, -0.25) is 0 Å². The van der Waals surface area contributed by atoms with Crippen LogP contribution in [-0.4, -0.2) is 18.6 Å². The van der Waals surface area contributed by atoms with Crippen LogP contribution in [0.5, 0.6) is 0 Å². The zero-order chi connectivity index (χ0) is 12.5. The average Bonchev–Trinajstić information content (AvgIpc) is 2.30. The van der Waals surface area contributed by atoms with E-state index in [1.165, 1.54) is 37.1 Å². The fourth-order valence-corrected chi connectivity index (χ4v) is 2.29. The zero-order valence-electron chi connectivity index (χ0n) is 10.1. The molecule has 0 bridgehead atoms. The van der Waals surface area contributed by atoms with Crippen LogP contribution in [0.1, 0.15) is 24.8 Å². The van der Waals surface area contributed by atoms with Crippen molar-refractivity contribution in [3.8, 4) is 0 Å². The monoisotopic (exact) mass is 275 g/mol. The van der Waals surface area contributed by atoms with Crippen molar-refractivity contribution in [1.82, 2.24) is 5.32 Å². The number of hydrogen-bond acceptors (Lipinski definition) is 2. The molecule has 0 aliphatic rings. The van der Waals surface area contributed by atoms with Gasteiger partial charge in [0.15, 0.2) is 0 Å². The summed E-state index contributed by atoms with van der Waals surface area (Å²) in [5.41, 5.74) is 0.956. The molecule has 0 heterocycles.